The van der Waals surface area contributed by atoms with E-state index in [1.54, 1.807) is 6.20 Å². The molecule has 0 amide bonds. The van der Waals surface area contributed by atoms with E-state index >= 15 is 0 Å². The molecule has 2 aromatic carbocycles. The average Bonchev–Trinajstić information content (AvgIpc) is 3.06. The van der Waals surface area contributed by atoms with Gasteiger partial charge >= 0.3 is 0 Å². The minimum Gasteiger partial charge on any atom is -0.493 e. The zero-order valence-corrected chi connectivity index (χ0v) is 14.1. The van der Waals surface area contributed by atoms with Crippen LogP contribution in [-0.2, 0) is 13.0 Å². The van der Waals surface area contributed by atoms with E-state index in [2.05, 4.69) is 15.6 Å². The van der Waals surface area contributed by atoms with Gasteiger partial charge in [-0.1, -0.05) is 12.1 Å². The fourth-order valence-corrected chi connectivity index (χ4v) is 3.51. The summed E-state index contributed by atoms with van der Waals surface area (Å²) in [6.07, 6.45) is 2.60. The molecule has 5 heteroatoms. The molecule has 0 saturated heterocycles. The van der Waals surface area contributed by atoms with Crippen molar-refractivity contribution in [3.8, 4) is 5.75 Å². The molecule has 2 N–H and O–H groups in total. The molecular weight excluding hydrogens is 326 g/mol. The van der Waals surface area contributed by atoms with Crippen molar-refractivity contribution in [1.29, 1.82) is 0 Å². The fraction of sp³-hybridized carbons (Fsp3) is 0.143. The lowest BCUT2D eigenvalue weighted by molar-refractivity contribution is 0.103. The molecule has 5 nitrogen and oxygen atoms in total. The minimum absolute atomic E-state index is 0.00905. The van der Waals surface area contributed by atoms with Gasteiger partial charge in [0.1, 0.15) is 11.6 Å². The Hall–Kier alpha value is -3.34. The summed E-state index contributed by atoms with van der Waals surface area (Å²) in [5.41, 5.74) is 5.14. The second-order valence-corrected chi connectivity index (χ2v) is 6.47. The number of benzene rings is 2. The number of para-hydroxylation sites is 1. The third-order valence-corrected chi connectivity index (χ3v) is 4.86. The predicted molar refractivity (Wildman–Crippen MR) is 100 cm³/mol. The van der Waals surface area contributed by atoms with Crippen LogP contribution in [0.2, 0.25) is 0 Å². The lowest BCUT2D eigenvalue weighted by Gasteiger charge is -2.14. The molecule has 0 aliphatic carbocycles. The zero-order chi connectivity index (χ0) is 17.5. The van der Waals surface area contributed by atoms with Crippen LogP contribution in [-0.4, -0.2) is 17.4 Å². The third-order valence-electron chi connectivity index (χ3n) is 4.86. The smallest absolute Gasteiger partial charge is 0.195 e. The van der Waals surface area contributed by atoms with Crippen LogP contribution in [0.25, 0.3) is 0 Å². The Bertz CT molecular complexity index is 1030. The maximum Gasteiger partial charge on any atom is 0.195 e. The van der Waals surface area contributed by atoms with Gasteiger partial charge in [0.2, 0.25) is 0 Å². The van der Waals surface area contributed by atoms with Crippen molar-refractivity contribution in [2.45, 2.75) is 13.0 Å². The van der Waals surface area contributed by atoms with Crippen molar-refractivity contribution in [2.75, 3.05) is 17.2 Å². The van der Waals surface area contributed by atoms with Gasteiger partial charge in [-0.05, 0) is 42.0 Å². The van der Waals surface area contributed by atoms with E-state index in [1.807, 2.05) is 48.5 Å². The number of rotatable bonds is 2. The summed E-state index contributed by atoms with van der Waals surface area (Å²) >= 11 is 0. The van der Waals surface area contributed by atoms with E-state index in [0.29, 0.717) is 24.3 Å². The molecule has 0 unspecified atom stereocenters. The van der Waals surface area contributed by atoms with Crippen LogP contribution in [0.15, 0.2) is 54.7 Å². The van der Waals surface area contributed by atoms with Crippen molar-refractivity contribution in [3.63, 3.8) is 0 Å². The highest BCUT2D eigenvalue weighted by Crippen LogP contribution is 2.35. The van der Waals surface area contributed by atoms with E-state index < -0.39 is 0 Å². The van der Waals surface area contributed by atoms with Crippen LogP contribution in [0.3, 0.4) is 0 Å². The zero-order valence-electron chi connectivity index (χ0n) is 14.1. The first-order valence-corrected chi connectivity index (χ1v) is 8.68. The number of hydrogen-bond acceptors (Lipinski definition) is 5. The number of hydrogen-bond donors (Lipinski definition) is 2. The maximum atomic E-state index is 13.2. The highest BCUT2D eigenvalue weighted by Gasteiger charge is 2.22. The number of ketones is 1. The molecule has 128 valence electrons. The van der Waals surface area contributed by atoms with Gasteiger partial charge in [0.15, 0.2) is 5.78 Å². The first kappa shape index (κ1) is 15.0. The molecule has 3 heterocycles. The Kier molecular flexibility index (Phi) is 3.38. The molecule has 0 atom stereocenters. The molecule has 2 aliphatic rings. The van der Waals surface area contributed by atoms with Crippen molar-refractivity contribution in [3.05, 3.63) is 77.0 Å². The first-order chi connectivity index (χ1) is 12.8. The van der Waals surface area contributed by atoms with Gasteiger partial charge in [0.05, 0.1) is 18.0 Å². The summed E-state index contributed by atoms with van der Waals surface area (Å²) in [6, 6.07) is 15.3. The Morgan fingerprint density at radius 3 is 3.00 bits per heavy atom. The third kappa shape index (κ3) is 2.40. The fourth-order valence-electron chi connectivity index (χ4n) is 3.51. The molecule has 2 aliphatic heterocycles. The quantitative estimate of drug-likeness (QED) is 0.691. The van der Waals surface area contributed by atoms with Crippen LogP contribution in [0.5, 0.6) is 5.75 Å². The van der Waals surface area contributed by atoms with Crippen LogP contribution < -0.4 is 15.4 Å². The van der Waals surface area contributed by atoms with Crippen molar-refractivity contribution >= 4 is 23.0 Å². The van der Waals surface area contributed by atoms with Gasteiger partial charge in [-0.15, -0.1) is 0 Å². The molecule has 3 aromatic rings. The molecule has 1 aromatic heterocycles. The minimum atomic E-state index is -0.00905. The van der Waals surface area contributed by atoms with Crippen LogP contribution in [0.1, 0.15) is 27.0 Å². The van der Waals surface area contributed by atoms with Gasteiger partial charge in [0.25, 0.3) is 0 Å². The summed E-state index contributed by atoms with van der Waals surface area (Å²) in [4.78, 5) is 17.6. The van der Waals surface area contributed by atoms with Crippen LogP contribution >= 0.6 is 0 Å². The van der Waals surface area contributed by atoms with E-state index in [9.17, 15) is 4.79 Å². The standard InChI is InChI=1S/C21H17N3O2/c25-20(14-6-7-18-13(11-14)8-10-26-18)16-4-1-5-17-19(16)24-21-15(12-23-17)3-2-9-22-21/h1-7,9,11,23H,8,10,12H2,(H,22,24). The summed E-state index contributed by atoms with van der Waals surface area (Å²) < 4.78 is 5.54. The van der Waals surface area contributed by atoms with E-state index in [-0.39, 0.29) is 5.78 Å². The summed E-state index contributed by atoms with van der Waals surface area (Å²) in [6.45, 7) is 1.35. The Morgan fingerprint density at radius 2 is 2.04 bits per heavy atom. The topological polar surface area (TPSA) is 63.2 Å². The summed E-state index contributed by atoms with van der Waals surface area (Å²) in [7, 11) is 0. The summed E-state index contributed by atoms with van der Waals surface area (Å²) in [5, 5.41) is 6.75. The monoisotopic (exact) mass is 343 g/mol. The lowest BCUT2D eigenvalue weighted by Crippen LogP contribution is -2.07. The van der Waals surface area contributed by atoms with Gasteiger partial charge in [0, 0.05) is 35.9 Å². The van der Waals surface area contributed by atoms with Gasteiger partial charge in [-0.3, -0.25) is 4.79 Å². The van der Waals surface area contributed by atoms with E-state index in [4.69, 9.17) is 4.74 Å². The normalized spacial score (nSPS) is 14.0. The van der Waals surface area contributed by atoms with Crippen molar-refractivity contribution < 1.29 is 9.53 Å². The van der Waals surface area contributed by atoms with Crippen molar-refractivity contribution in [2.24, 2.45) is 0 Å². The molecule has 0 radical (unpaired) electrons. The maximum absolute atomic E-state index is 13.2. The molecule has 0 bridgehead atoms. The highest BCUT2D eigenvalue weighted by molar-refractivity contribution is 6.14. The highest BCUT2D eigenvalue weighted by atomic mass is 16.5. The molecular formula is C21H17N3O2. The molecule has 0 fully saturated rings. The first-order valence-electron chi connectivity index (χ1n) is 8.68. The van der Waals surface area contributed by atoms with Gasteiger partial charge < -0.3 is 15.4 Å². The molecule has 0 spiro atoms. The van der Waals surface area contributed by atoms with Crippen LogP contribution in [0.4, 0.5) is 17.2 Å². The SMILES string of the molecule is O=C(c1ccc2c(c1)CCO2)c1cccc2c1Nc1ncccc1CN2. The number of ether oxygens (including phenoxy) is 1. The number of carbonyl (C=O) groups excluding carboxylic acids is 1. The molecule has 5 rings (SSSR count). The number of fused-ring (bicyclic) bond motifs is 3. The van der Waals surface area contributed by atoms with Crippen LogP contribution in [0, 0.1) is 0 Å². The van der Waals surface area contributed by atoms with E-state index in [1.165, 1.54) is 0 Å². The lowest BCUT2D eigenvalue weighted by atomic mass is 9.98. The van der Waals surface area contributed by atoms with E-state index in [0.717, 1.165) is 40.5 Å². The predicted octanol–water partition coefficient (Wildman–Crippen LogP) is 3.92. The number of nitrogens with zero attached hydrogens (tertiary/aromatic N) is 1. The van der Waals surface area contributed by atoms with Gasteiger partial charge in [-0.2, -0.15) is 0 Å². The Morgan fingerprint density at radius 1 is 1.08 bits per heavy atom. The average molecular weight is 343 g/mol. The van der Waals surface area contributed by atoms with Gasteiger partial charge in [-0.25, -0.2) is 4.98 Å². The molecule has 26 heavy (non-hydrogen) atoms. The number of pyridine rings is 1. The Balaban J connectivity index is 1.58. The van der Waals surface area contributed by atoms with Crippen molar-refractivity contribution in [1.82, 2.24) is 4.98 Å². The largest absolute Gasteiger partial charge is 0.493 e. The second-order valence-electron chi connectivity index (χ2n) is 6.47. The number of aromatic nitrogens is 1. The second kappa shape index (κ2) is 5.88. The summed E-state index contributed by atoms with van der Waals surface area (Å²) in [5.74, 6) is 1.65. The number of nitrogens with one attached hydrogen (secondary N) is 2. The Labute approximate surface area is 151 Å². The molecule has 0 saturated carbocycles. The number of anilines is 3. The number of carbonyl (C=O) groups is 1.